The van der Waals surface area contributed by atoms with Gasteiger partial charge < -0.3 is 4.52 Å². The molecule has 0 aliphatic carbocycles. The number of aromatic nitrogens is 6. The maximum Gasteiger partial charge on any atom is 0.237 e. The van der Waals surface area contributed by atoms with Crippen LogP contribution in [0.3, 0.4) is 0 Å². The number of rotatable bonds is 7. The van der Waals surface area contributed by atoms with Gasteiger partial charge in [-0.2, -0.15) is 4.98 Å². The van der Waals surface area contributed by atoms with E-state index in [0.717, 1.165) is 21.4 Å². The summed E-state index contributed by atoms with van der Waals surface area (Å²) in [6.07, 6.45) is 5.29. The highest BCUT2D eigenvalue weighted by Crippen LogP contribution is 2.27. The van der Waals surface area contributed by atoms with Crippen LogP contribution in [0.1, 0.15) is 5.89 Å². The molecule has 9 heteroatoms. The molecule has 0 saturated heterocycles. The van der Waals surface area contributed by atoms with Crippen molar-refractivity contribution in [2.24, 2.45) is 0 Å². The van der Waals surface area contributed by atoms with E-state index < -0.39 is 0 Å². The maximum absolute atomic E-state index is 5.34. The van der Waals surface area contributed by atoms with E-state index in [9.17, 15) is 0 Å². The standard InChI is InChI=1S/C17H14N6OS2/c1-2-9-23-16(12-5-7-18-8-6-12)20-21-17(23)26-11-14-19-15(22-24-14)13-4-3-10-25-13/h2-8,10H,1,9,11H2. The first kappa shape index (κ1) is 16.7. The molecular formula is C17H14N6OS2. The summed E-state index contributed by atoms with van der Waals surface area (Å²) in [5, 5.41) is 15.4. The zero-order valence-electron chi connectivity index (χ0n) is 13.6. The summed E-state index contributed by atoms with van der Waals surface area (Å²) in [4.78, 5) is 9.46. The highest BCUT2D eigenvalue weighted by Gasteiger charge is 2.16. The SMILES string of the molecule is C=CCn1c(SCc2nc(-c3cccs3)no2)nnc1-c1ccncc1. The molecule has 26 heavy (non-hydrogen) atoms. The monoisotopic (exact) mass is 382 g/mol. The minimum atomic E-state index is 0.518. The molecule has 0 amide bonds. The van der Waals surface area contributed by atoms with Crippen LogP contribution in [0.15, 0.2) is 64.4 Å². The van der Waals surface area contributed by atoms with Crippen LogP contribution >= 0.6 is 23.1 Å². The number of allylic oxidation sites excluding steroid dienone is 1. The predicted molar refractivity (Wildman–Crippen MR) is 101 cm³/mol. The van der Waals surface area contributed by atoms with Gasteiger partial charge in [0.1, 0.15) is 0 Å². The van der Waals surface area contributed by atoms with Gasteiger partial charge in [0.05, 0.1) is 10.6 Å². The van der Waals surface area contributed by atoms with Crippen LogP contribution in [-0.4, -0.2) is 29.9 Å². The zero-order valence-corrected chi connectivity index (χ0v) is 15.3. The van der Waals surface area contributed by atoms with E-state index in [4.69, 9.17) is 4.52 Å². The van der Waals surface area contributed by atoms with Crippen molar-refractivity contribution in [3.63, 3.8) is 0 Å². The zero-order chi connectivity index (χ0) is 17.8. The van der Waals surface area contributed by atoms with Crippen molar-refractivity contribution in [3.05, 3.63) is 60.6 Å². The van der Waals surface area contributed by atoms with Crippen molar-refractivity contribution in [1.29, 1.82) is 0 Å². The number of pyridine rings is 1. The van der Waals surface area contributed by atoms with Crippen molar-refractivity contribution < 1.29 is 4.52 Å². The number of nitrogens with zero attached hydrogens (tertiary/aromatic N) is 6. The molecule has 0 fully saturated rings. The summed E-state index contributed by atoms with van der Waals surface area (Å²) in [7, 11) is 0. The Morgan fingerprint density at radius 2 is 2.12 bits per heavy atom. The lowest BCUT2D eigenvalue weighted by molar-refractivity contribution is 0.391. The molecule has 0 bridgehead atoms. The number of thiophene rings is 1. The average molecular weight is 382 g/mol. The molecule has 0 aliphatic rings. The predicted octanol–water partition coefficient (Wildman–Crippen LogP) is 3.93. The van der Waals surface area contributed by atoms with Crippen LogP contribution in [-0.2, 0) is 12.3 Å². The van der Waals surface area contributed by atoms with E-state index in [1.165, 1.54) is 11.8 Å². The average Bonchev–Trinajstić information content (AvgIpc) is 3.42. The van der Waals surface area contributed by atoms with Crippen LogP contribution in [0, 0.1) is 0 Å². The Morgan fingerprint density at radius 3 is 2.88 bits per heavy atom. The summed E-state index contributed by atoms with van der Waals surface area (Å²) >= 11 is 3.08. The molecule has 4 heterocycles. The van der Waals surface area contributed by atoms with E-state index in [1.807, 2.05) is 40.3 Å². The smallest absolute Gasteiger partial charge is 0.237 e. The Hall–Kier alpha value is -2.78. The molecule has 4 rings (SSSR count). The number of hydrogen-bond acceptors (Lipinski definition) is 8. The van der Waals surface area contributed by atoms with E-state index in [1.54, 1.807) is 23.7 Å². The molecule has 0 aliphatic heterocycles. The summed E-state index contributed by atoms with van der Waals surface area (Å²) in [5.41, 5.74) is 0.957. The molecule has 130 valence electrons. The second-order valence-electron chi connectivity index (χ2n) is 5.22. The highest BCUT2D eigenvalue weighted by atomic mass is 32.2. The second kappa shape index (κ2) is 7.63. The third kappa shape index (κ3) is 3.44. The molecule has 7 nitrogen and oxygen atoms in total. The van der Waals surface area contributed by atoms with Crippen LogP contribution < -0.4 is 0 Å². The molecule has 0 spiro atoms. The van der Waals surface area contributed by atoms with Crippen molar-refractivity contribution in [3.8, 4) is 22.1 Å². The van der Waals surface area contributed by atoms with Gasteiger partial charge in [0, 0.05) is 24.5 Å². The van der Waals surface area contributed by atoms with E-state index >= 15 is 0 Å². The van der Waals surface area contributed by atoms with Crippen LogP contribution in [0.5, 0.6) is 0 Å². The summed E-state index contributed by atoms with van der Waals surface area (Å²) < 4.78 is 7.34. The minimum Gasteiger partial charge on any atom is -0.338 e. The molecular weight excluding hydrogens is 368 g/mol. The van der Waals surface area contributed by atoms with Gasteiger partial charge in [0.25, 0.3) is 0 Å². The molecule has 0 atom stereocenters. The fraction of sp³-hybridized carbons (Fsp3) is 0.118. The lowest BCUT2D eigenvalue weighted by atomic mass is 10.2. The Bertz CT molecular complexity index is 994. The first-order valence-corrected chi connectivity index (χ1v) is 9.65. The van der Waals surface area contributed by atoms with Crippen LogP contribution in [0.25, 0.3) is 22.1 Å². The second-order valence-corrected chi connectivity index (χ2v) is 7.11. The lowest BCUT2D eigenvalue weighted by Gasteiger charge is -2.06. The van der Waals surface area contributed by atoms with E-state index in [-0.39, 0.29) is 0 Å². The van der Waals surface area contributed by atoms with Gasteiger partial charge in [0.2, 0.25) is 11.7 Å². The molecule has 0 saturated carbocycles. The van der Waals surface area contributed by atoms with E-state index in [2.05, 4.69) is 31.9 Å². The number of thioether (sulfide) groups is 1. The third-order valence-electron chi connectivity index (χ3n) is 3.50. The van der Waals surface area contributed by atoms with Crippen molar-refractivity contribution >= 4 is 23.1 Å². The topological polar surface area (TPSA) is 82.5 Å². The molecule has 4 aromatic heterocycles. The van der Waals surface area contributed by atoms with Gasteiger partial charge in [0.15, 0.2) is 11.0 Å². The van der Waals surface area contributed by atoms with Gasteiger partial charge in [-0.15, -0.1) is 28.1 Å². The van der Waals surface area contributed by atoms with Crippen LogP contribution in [0.2, 0.25) is 0 Å². The fourth-order valence-electron chi connectivity index (χ4n) is 2.35. The first-order valence-electron chi connectivity index (χ1n) is 7.79. The Kier molecular flexibility index (Phi) is 4.89. The quantitative estimate of drug-likeness (QED) is 0.354. The van der Waals surface area contributed by atoms with Crippen molar-refractivity contribution in [2.45, 2.75) is 17.5 Å². The maximum atomic E-state index is 5.34. The summed E-state index contributed by atoms with van der Waals surface area (Å²) in [6.45, 7) is 4.43. The van der Waals surface area contributed by atoms with Gasteiger partial charge in [-0.3, -0.25) is 9.55 Å². The largest absolute Gasteiger partial charge is 0.338 e. The summed E-state index contributed by atoms with van der Waals surface area (Å²) in [5.74, 6) is 2.46. The Morgan fingerprint density at radius 1 is 1.23 bits per heavy atom. The normalized spacial score (nSPS) is 10.9. The van der Waals surface area contributed by atoms with Gasteiger partial charge >= 0.3 is 0 Å². The fourth-order valence-corrected chi connectivity index (χ4v) is 3.78. The van der Waals surface area contributed by atoms with Crippen molar-refractivity contribution in [2.75, 3.05) is 0 Å². The molecule has 4 aromatic rings. The summed E-state index contributed by atoms with van der Waals surface area (Å²) in [6, 6.07) is 7.74. The van der Waals surface area contributed by atoms with Gasteiger partial charge in [-0.1, -0.05) is 29.1 Å². The number of hydrogen-bond donors (Lipinski definition) is 0. The minimum absolute atomic E-state index is 0.518. The van der Waals surface area contributed by atoms with Gasteiger partial charge in [-0.25, -0.2) is 0 Å². The first-order chi connectivity index (χ1) is 12.8. The molecule has 0 unspecified atom stereocenters. The molecule has 0 aromatic carbocycles. The van der Waals surface area contributed by atoms with E-state index in [0.29, 0.717) is 24.0 Å². The third-order valence-corrected chi connectivity index (χ3v) is 5.32. The molecule has 0 radical (unpaired) electrons. The Balaban J connectivity index is 1.53. The van der Waals surface area contributed by atoms with Gasteiger partial charge in [-0.05, 0) is 23.6 Å². The van der Waals surface area contributed by atoms with Crippen molar-refractivity contribution in [1.82, 2.24) is 29.9 Å². The molecule has 0 N–H and O–H groups in total. The Labute approximate surface area is 157 Å². The highest BCUT2D eigenvalue weighted by molar-refractivity contribution is 7.98. The van der Waals surface area contributed by atoms with Crippen LogP contribution in [0.4, 0.5) is 0 Å². The lowest BCUT2D eigenvalue weighted by Crippen LogP contribution is -2.00.